The highest BCUT2D eigenvalue weighted by Gasteiger charge is 2.17. The third-order valence-corrected chi connectivity index (χ3v) is 1.42. The maximum Gasteiger partial charge on any atom is 0.143 e. The molecule has 1 aromatic heterocycles. The Balaban J connectivity index is 2.99. The lowest BCUT2D eigenvalue weighted by Crippen LogP contribution is -2.12. The van der Waals surface area contributed by atoms with Crippen LogP contribution in [-0.2, 0) is 4.75 Å². The van der Waals surface area contributed by atoms with E-state index in [2.05, 4.69) is 22.6 Å². The van der Waals surface area contributed by atoms with Gasteiger partial charge in [0.15, 0.2) is 0 Å². The Morgan fingerprint density at radius 2 is 1.82 bits per heavy atom. The Labute approximate surface area is 71.5 Å². The maximum atomic E-state index is 5.42. The van der Waals surface area contributed by atoms with Crippen LogP contribution in [-0.4, -0.2) is 9.97 Å². The molecule has 1 aromatic rings. The van der Waals surface area contributed by atoms with Gasteiger partial charge in [-0.05, 0) is 13.8 Å². The molecule has 60 valence electrons. The van der Waals surface area contributed by atoms with Crippen LogP contribution in [0.1, 0.15) is 19.7 Å². The number of hydrogen-bond acceptors (Lipinski definition) is 4. The zero-order valence-corrected chi connectivity index (χ0v) is 7.47. The van der Waals surface area contributed by atoms with Crippen molar-refractivity contribution >= 4 is 18.3 Å². The van der Waals surface area contributed by atoms with Crippen molar-refractivity contribution in [1.82, 2.24) is 9.97 Å². The van der Waals surface area contributed by atoms with Crippen LogP contribution in [0.15, 0.2) is 12.4 Å². The molecule has 0 aliphatic carbocycles. The lowest BCUT2D eigenvalue weighted by atomic mass is 10.2. The predicted molar refractivity (Wildman–Crippen MR) is 48.5 cm³/mol. The van der Waals surface area contributed by atoms with Crippen LogP contribution in [0.3, 0.4) is 0 Å². The normalized spacial score (nSPS) is 11.5. The first-order valence-electron chi connectivity index (χ1n) is 3.30. The van der Waals surface area contributed by atoms with E-state index in [9.17, 15) is 0 Å². The van der Waals surface area contributed by atoms with E-state index in [0.717, 1.165) is 0 Å². The molecule has 0 fully saturated rings. The van der Waals surface area contributed by atoms with E-state index in [1.54, 1.807) is 12.4 Å². The highest BCUT2D eigenvalue weighted by atomic mass is 32.1. The molecule has 0 saturated carbocycles. The van der Waals surface area contributed by atoms with Crippen molar-refractivity contribution < 1.29 is 0 Å². The van der Waals surface area contributed by atoms with E-state index >= 15 is 0 Å². The minimum absolute atomic E-state index is 0.298. The standard InChI is InChI=1S/C7H11N3S/c1-7(2,11)6-9-3-5(8)4-10-6/h3-4,11H,8H2,1-2H3. The fourth-order valence-electron chi connectivity index (χ4n) is 0.654. The molecule has 0 bridgehead atoms. The van der Waals surface area contributed by atoms with Gasteiger partial charge in [0.05, 0.1) is 22.8 Å². The fourth-order valence-corrected chi connectivity index (χ4v) is 0.769. The minimum atomic E-state index is -0.298. The summed E-state index contributed by atoms with van der Waals surface area (Å²) in [6, 6.07) is 0. The maximum absolute atomic E-state index is 5.42. The molecule has 3 nitrogen and oxygen atoms in total. The largest absolute Gasteiger partial charge is 0.396 e. The zero-order valence-electron chi connectivity index (χ0n) is 6.57. The van der Waals surface area contributed by atoms with Gasteiger partial charge in [0.1, 0.15) is 5.82 Å². The Hall–Kier alpha value is -0.770. The molecular weight excluding hydrogens is 158 g/mol. The quantitative estimate of drug-likeness (QED) is 0.621. The number of hydrogen-bond donors (Lipinski definition) is 2. The summed E-state index contributed by atoms with van der Waals surface area (Å²) in [5, 5.41) is 0. The van der Waals surface area contributed by atoms with Gasteiger partial charge in [-0.2, -0.15) is 12.6 Å². The lowest BCUT2D eigenvalue weighted by Gasteiger charge is -2.14. The van der Waals surface area contributed by atoms with Gasteiger partial charge in [0, 0.05) is 0 Å². The summed E-state index contributed by atoms with van der Waals surface area (Å²) in [7, 11) is 0. The molecule has 11 heavy (non-hydrogen) atoms. The smallest absolute Gasteiger partial charge is 0.143 e. The number of thiol groups is 1. The lowest BCUT2D eigenvalue weighted by molar-refractivity contribution is 0.714. The summed E-state index contributed by atoms with van der Waals surface area (Å²) >= 11 is 4.31. The average molecular weight is 169 g/mol. The molecular formula is C7H11N3S. The van der Waals surface area contributed by atoms with E-state index in [0.29, 0.717) is 11.5 Å². The molecule has 0 unspecified atom stereocenters. The fraction of sp³-hybridized carbons (Fsp3) is 0.429. The van der Waals surface area contributed by atoms with Crippen molar-refractivity contribution in [1.29, 1.82) is 0 Å². The first-order chi connectivity index (χ1) is 5.00. The molecule has 0 radical (unpaired) electrons. The van der Waals surface area contributed by atoms with Crippen molar-refractivity contribution in [2.24, 2.45) is 0 Å². The molecule has 4 heteroatoms. The van der Waals surface area contributed by atoms with E-state index in [1.165, 1.54) is 0 Å². The highest BCUT2D eigenvalue weighted by molar-refractivity contribution is 7.81. The van der Waals surface area contributed by atoms with E-state index < -0.39 is 0 Å². The van der Waals surface area contributed by atoms with Crippen LogP contribution in [0.5, 0.6) is 0 Å². The summed E-state index contributed by atoms with van der Waals surface area (Å²) in [5.74, 6) is 0.690. The van der Waals surface area contributed by atoms with E-state index in [4.69, 9.17) is 5.73 Å². The van der Waals surface area contributed by atoms with Crippen molar-refractivity contribution in [3.05, 3.63) is 18.2 Å². The molecule has 1 rings (SSSR count). The monoisotopic (exact) mass is 169 g/mol. The Morgan fingerprint density at radius 3 is 2.18 bits per heavy atom. The summed E-state index contributed by atoms with van der Waals surface area (Å²) in [6.45, 7) is 3.86. The number of rotatable bonds is 1. The molecule has 0 aromatic carbocycles. The van der Waals surface area contributed by atoms with Crippen LogP contribution in [0.25, 0.3) is 0 Å². The molecule has 0 saturated heterocycles. The summed E-state index contributed by atoms with van der Waals surface area (Å²) < 4.78 is -0.298. The number of aromatic nitrogens is 2. The molecule has 0 aliphatic heterocycles. The van der Waals surface area contributed by atoms with Crippen molar-refractivity contribution in [2.75, 3.05) is 5.73 Å². The number of anilines is 1. The third-order valence-electron chi connectivity index (χ3n) is 1.22. The van der Waals surface area contributed by atoms with Crippen molar-refractivity contribution in [2.45, 2.75) is 18.6 Å². The first kappa shape index (κ1) is 8.33. The van der Waals surface area contributed by atoms with E-state index in [1.807, 2.05) is 13.8 Å². The van der Waals surface area contributed by atoms with Gasteiger partial charge in [0.25, 0.3) is 0 Å². The Morgan fingerprint density at radius 1 is 1.36 bits per heavy atom. The zero-order chi connectivity index (χ0) is 8.48. The molecule has 0 amide bonds. The molecule has 2 N–H and O–H groups in total. The highest BCUT2D eigenvalue weighted by Crippen LogP contribution is 2.22. The second-order valence-electron chi connectivity index (χ2n) is 2.90. The number of nitrogen functional groups attached to an aromatic ring is 1. The molecule has 0 atom stereocenters. The SMILES string of the molecule is CC(C)(S)c1ncc(N)cn1. The topological polar surface area (TPSA) is 51.8 Å². The third kappa shape index (κ3) is 2.08. The summed E-state index contributed by atoms with van der Waals surface area (Å²) in [5.41, 5.74) is 6.00. The Bertz CT molecular complexity index is 237. The summed E-state index contributed by atoms with van der Waals surface area (Å²) in [6.07, 6.45) is 3.17. The van der Waals surface area contributed by atoms with Gasteiger partial charge in [-0.25, -0.2) is 9.97 Å². The predicted octanol–water partition coefficient (Wildman–Crippen LogP) is 1.22. The van der Waals surface area contributed by atoms with Gasteiger partial charge in [-0.15, -0.1) is 0 Å². The van der Waals surface area contributed by atoms with Crippen molar-refractivity contribution in [3.63, 3.8) is 0 Å². The summed E-state index contributed by atoms with van der Waals surface area (Å²) in [4.78, 5) is 8.07. The van der Waals surface area contributed by atoms with Gasteiger partial charge in [-0.1, -0.05) is 0 Å². The molecule has 1 heterocycles. The van der Waals surface area contributed by atoms with Crippen LogP contribution < -0.4 is 5.73 Å². The van der Waals surface area contributed by atoms with E-state index in [-0.39, 0.29) is 4.75 Å². The molecule has 0 aliphatic rings. The van der Waals surface area contributed by atoms with Crippen LogP contribution in [0, 0.1) is 0 Å². The van der Waals surface area contributed by atoms with Gasteiger partial charge in [0.2, 0.25) is 0 Å². The second-order valence-corrected chi connectivity index (χ2v) is 4.02. The minimum Gasteiger partial charge on any atom is -0.396 e. The van der Waals surface area contributed by atoms with Gasteiger partial charge < -0.3 is 5.73 Å². The number of nitrogens with two attached hydrogens (primary N) is 1. The van der Waals surface area contributed by atoms with Crippen LogP contribution in [0.4, 0.5) is 5.69 Å². The number of nitrogens with zero attached hydrogens (tertiary/aromatic N) is 2. The van der Waals surface area contributed by atoms with Crippen molar-refractivity contribution in [3.8, 4) is 0 Å². The second kappa shape index (κ2) is 2.70. The van der Waals surface area contributed by atoms with Crippen LogP contribution in [0.2, 0.25) is 0 Å². The first-order valence-corrected chi connectivity index (χ1v) is 3.75. The van der Waals surface area contributed by atoms with Gasteiger partial charge in [-0.3, -0.25) is 0 Å². The van der Waals surface area contributed by atoms with Crippen LogP contribution >= 0.6 is 12.6 Å². The van der Waals surface area contributed by atoms with Gasteiger partial charge >= 0.3 is 0 Å². The molecule has 0 spiro atoms. The Kier molecular flexibility index (Phi) is 2.04. The average Bonchev–Trinajstić information content (AvgIpc) is 1.86.